The van der Waals surface area contributed by atoms with E-state index < -0.39 is 16.1 Å². The van der Waals surface area contributed by atoms with Gasteiger partial charge in [0, 0.05) is 11.4 Å². The molecule has 0 radical (unpaired) electrons. The van der Waals surface area contributed by atoms with Gasteiger partial charge in [-0.1, -0.05) is 162 Å². The molecular formula is C36H44BNSi2. The molecule has 4 aromatic rings. The molecule has 2 aliphatic rings. The first-order valence-corrected chi connectivity index (χ1v) is 20.9. The minimum Gasteiger partial charge on any atom is -0.377 e. The fourth-order valence-electron chi connectivity index (χ4n) is 7.21. The zero-order chi connectivity index (χ0) is 28.8. The average Bonchev–Trinajstić information content (AvgIpc) is 2.89. The van der Waals surface area contributed by atoms with Crippen molar-refractivity contribution in [2.75, 3.05) is 4.81 Å². The van der Waals surface area contributed by atoms with E-state index in [1.807, 2.05) is 0 Å². The molecule has 0 unspecified atom stereocenters. The summed E-state index contributed by atoms with van der Waals surface area (Å²) in [6.45, 7) is 24.4. The van der Waals surface area contributed by atoms with Crippen LogP contribution in [0.25, 0.3) is 0 Å². The van der Waals surface area contributed by atoms with Crippen molar-refractivity contribution < 1.29 is 0 Å². The fraction of sp³-hybridized carbons (Fsp3) is 0.333. The minimum atomic E-state index is -1.95. The molecule has 2 heterocycles. The number of benzene rings is 4. The van der Waals surface area contributed by atoms with Crippen LogP contribution in [0.4, 0.5) is 11.4 Å². The van der Waals surface area contributed by atoms with Crippen molar-refractivity contribution in [3.8, 4) is 0 Å². The van der Waals surface area contributed by atoms with Crippen LogP contribution in [0.2, 0.25) is 26.2 Å². The Hall–Kier alpha value is -2.82. The van der Waals surface area contributed by atoms with Crippen LogP contribution in [0.5, 0.6) is 0 Å². The summed E-state index contributed by atoms with van der Waals surface area (Å²) in [4.78, 5) is 2.76. The highest BCUT2D eigenvalue weighted by Gasteiger charge is 2.48. The van der Waals surface area contributed by atoms with E-state index in [1.54, 1.807) is 20.7 Å². The lowest BCUT2D eigenvalue weighted by atomic mass is 9.48. The summed E-state index contributed by atoms with van der Waals surface area (Å²) in [6.07, 6.45) is 0. The largest absolute Gasteiger partial charge is 0.377 e. The van der Waals surface area contributed by atoms with Crippen molar-refractivity contribution >= 4 is 66.0 Å². The molecule has 0 saturated heterocycles. The molecule has 204 valence electrons. The molecule has 0 bridgehead atoms. The topological polar surface area (TPSA) is 3.24 Å². The first-order chi connectivity index (χ1) is 18.6. The molecule has 0 N–H and O–H groups in total. The van der Waals surface area contributed by atoms with Crippen LogP contribution in [0, 0.1) is 0 Å². The van der Waals surface area contributed by atoms with Crippen molar-refractivity contribution in [2.45, 2.75) is 78.6 Å². The SMILES string of the molecule is CC(C)(C)c1ccc2c(c1)N(B1c3ccccc3[Si](C)(C)c3ccccc31)c1cc(C(C)(C)C)ccc1[Si]2(C)C. The molecule has 2 aliphatic heterocycles. The molecule has 0 fully saturated rings. The number of rotatable bonds is 1. The summed E-state index contributed by atoms with van der Waals surface area (Å²) in [5.41, 5.74) is 8.77. The summed E-state index contributed by atoms with van der Waals surface area (Å²) in [7, 11) is -3.79. The molecule has 1 nitrogen and oxygen atoms in total. The van der Waals surface area contributed by atoms with Crippen LogP contribution in [-0.4, -0.2) is 23.0 Å². The number of nitrogens with zero attached hydrogens (tertiary/aromatic N) is 1. The Morgan fingerprint density at radius 1 is 0.500 bits per heavy atom. The maximum atomic E-state index is 2.76. The average molecular weight is 558 g/mol. The molecule has 0 spiro atoms. The van der Waals surface area contributed by atoms with E-state index in [1.165, 1.54) is 33.4 Å². The van der Waals surface area contributed by atoms with Crippen molar-refractivity contribution in [2.24, 2.45) is 0 Å². The van der Waals surface area contributed by atoms with Crippen molar-refractivity contribution in [1.82, 2.24) is 0 Å². The van der Waals surface area contributed by atoms with E-state index >= 15 is 0 Å². The van der Waals surface area contributed by atoms with E-state index in [4.69, 9.17) is 0 Å². The van der Waals surface area contributed by atoms with Crippen molar-refractivity contribution in [3.63, 3.8) is 0 Å². The van der Waals surface area contributed by atoms with Crippen LogP contribution >= 0.6 is 0 Å². The number of hydrogen-bond acceptors (Lipinski definition) is 1. The summed E-state index contributed by atoms with van der Waals surface area (Å²) in [5, 5.41) is 6.24. The van der Waals surface area contributed by atoms with Gasteiger partial charge in [0.15, 0.2) is 0 Å². The first-order valence-electron chi connectivity index (χ1n) is 14.9. The van der Waals surface area contributed by atoms with Crippen LogP contribution in [0.15, 0.2) is 84.9 Å². The predicted molar refractivity (Wildman–Crippen MR) is 184 cm³/mol. The quantitative estimate of drug-likeness (QED) is 0.280. The number of hydrogen-bond donors (Lipinski definition) is 0. The maximum absolute atomic E-state index is 2.76. The number of anilines is 2. The molecule has 0 amide bonds. The Morgan fingerprint density at radius 2 is 0.875 bits per heavy atom. The predicted octanol–water partition coefficient (Wildman–Crippen LogP) is 5.50. The Kier molecular flexibility index (Phi) is 6.04. The molecule has 4 heteroatoms. The third-order valence-corrected chi connectivity index (χ3v) is 16.9. The summed E-state index contributed by atoms with van der Waals surface area (Å²) < 4.78 is 0. The molecule has 4 aromatic carbocycles. The smallest absolute Gasteiger partial charge is 0.327 e. The lowest BCUT2D eigenvalue weighted by molar-refractivity contribution is 0.590. The second-order valence-electron chi connectivity index (χ2n) is 15.2. The summed E-state index contributed by atoms with van der Waals surface area (Å²) in [5.74, 6) is 0. The number of fused-ring (bicyclic) bond motifs is 4. The Bertz CT molecular complexity index is 1520. The van der Waals surface area contributed by atoms with Gasteiger partial charge in [-0.3, -0.25) is 0 Å². The minimum absolute atomic E-state index is 0.0806. The van der Waals surface area contributed by atoms with Crippen LogP contribution in [0.3, 0.4) is 0 Å². The molecule has 0 saturated carbocycles. The van der Waals surface area contributed by atoms with Gasteiger partial charge in [-0.25, -0.2) is 0 Å². The highest BCUT2D eigenvalue weighted by atomic mass is 28.3. The normalized spacial score (nSPS) is 17.1. The lowest BCUT2D eigenvalue weighted by Gasteiger charge is -2.48. The Morgan fingerprint density at radius 3 is 1.27 bits per heavy atom. The van der Waals surface area contributed by atoms with Gasteiger partial charge < -0.3 is 4.81 Å². The van der Waals surface area contributed by atoms with Crippen molar-refractivity contribution in [3.05, 3.63) is 96.1 Å². The maximum Gasteiger partial charge on any atom is 0.327 e. The van der Waals surface area contributed by atoms with Crippen LogP contribution in [0.1, 0.15) is 52.7 Å². The van der Waals surface area contributed by atoms with Gasteiger partial charge >= 0.3 is 6.85 Å². The first kappa shape index (κ1) is 27.4. The third-order valence-electron chi connectivity index (χ3n) is 9.71. The molecular weight excluding hydrogens is 513 g/mol. The van der Waals surface area contributed by atoms with E-state index in [0.29, 0.717) is 0 Å². The standard InChI is InChI=1S/C36H44BNSi2/c1-35(2,3)25-19-21-33-29(23-25)38(30-24-26(36(4,5)6)20-22-34(30)40(33,9)10)37-27-15-11-13-17-31(27)39(7,8)32-18-14-12-16-28(32)37/h11-24H,1-10H3. The van der Waals surface area contributed by atoms with Gasteiger partial charge in [0.05, 0.1) is 0 Å². The van der Waals surface area contributed by atoms with Gasteiger partial charge in [0.1, 0.15) is 16.1 Å². The summed E-state index contributed by atoms with van der Waals surface area (Å²) in [6, 6.07) is 33.5. The highest BCUT2D eigenvalue weighted by molar-refractivity contribution is 7.12. The fourth-order valence-corrected chi connectivity index (χ4v) is 13.4. The second-order valence-corrected chi connectivity index (χ2v) is 23.8. The van der Waals surface area contributed by atoms with E-state index in [-0.39, 0.29) is 17.7 Å². The monoisotopic (exact) mass is 557 g/mol. The molecule has 0 aliphatic carbocycles. The molecule has 40 heavy (non-hydrogen) atoms. The molecule has 0 aromatic heterocycles. The van der Waals surface area contributed by atoms with Gasteiger partial charge in [-0.05, 0) is 44.5 Å². The second kappa shape index (κ2) is 8.84. The highest BCUT2D eigenvalue weighted by Crippen LogP contribution is 2.38. The molecule has 6 rings (SSSR count). The van der Waals surface area contributed by atoms with Gasteiger partial charge in [-0.2, -0.15) is 0 Å². The summed E-state index contributed by atoms with van der Waals surface area (Å²) >= 11 is 0. The van der Waals surface area contributed by atoms with Crippen molar-refractivity contribution in [1.29, 1.82) is 0 Å². The van der Waals surface area contributed by atoms with E-state index in [9.17, 15) is 0 Å². The van der Waals surface area contributed by atoms with Gasteiger partial charge in [0.25, 0.3) is 0 Å². The van der Waals surface area contributed by atoms with E-state index in [2.05, 4.69) is 157 Å². The lowest BCUT2D eigenvalue weighted by Crippen LogP contribution is -2.78. The molecule has 0 atom stereocenters. The van der Waals surface area contributed by atoms with Crippen LogP contribution in [-0.2, 0) is 10.8 Å². The van der Waals surface area contributed by atoms with Gasteiger partial charge in [-0.15, -0.1) is 0 Å². The van der Waals surface area contributed by atoms with E-state index in [0.717, 1.165) is 0 Å². The van der Waals surface area contributed by atoms with Crippen LogP contribution < -0.4 is 36.5 Å². The van der Waals surface area contributed by atoms with Gasteiger partial charge in [0.2, 0.25) is 0 Å². The zero-order valence-corrected chi connectivity index (χ0v) is 28.1. The zero-order valence-electron chi connectivity index (χ0n) is 26.1. The Balaban J connectivity index is 1.74. The Labute approximate surface area is 244 Å². The third kappa shape index (κ3) is 4.01.